The zero-order valence-electron chi connectivity index (χ0n) is 11.0. The Bertz CT molecular complexity index is 357. The minimum Gasteiger partial charge on any atom is 0 e. The molecular formula is C11H9BF4FeO5-. The molecule has 1 aliphatic rings. The van der Waals surface area contributed by atoms with Crippen LogP contribution in [0.3, 0.4) is 0 Å². The molecule has 11 heteroatoms. The minimum absolute atomic E-state index is 0. The van der Waals surface area contributed by atoms with Gasteiger partial charge in [-0.05, 0) is 6.42 Å². The molecule has 0 fully saturated rings. The van der Waals surface area contributed by atoms with Crippen molar-refractivity contribution in [1.82, 2.24) is 0 Å². The van der Waals surface area contributed by atoms with Gasteiger partial charge in [0.05, 0.1) is 7.11 Å². The van der Waals surface area contributed by atoms with Gasteiger partial charge in [-0.1, -0.05) is 24.3 Å². The molecule has 0 spiro atoms. The second-order valence-electron chi connectivity index (χ2n) is 2.50. The van der Waals surface area contributed by atoms with E-state index < -0.39 is 7.25 Å². The first kappa shape index (κ1) is 32.4. The van der Waals surface area contributed by atoms with Gasteiger partial charge in [0, 0.05) is 17.1 Å². The molecule has 1 radical (unpaired) electrons. The summed E-state index contributed by atoms with van der Waals surface area (Å²) in [5, 5.41) is 0. The van der Waals surface area contributed by atoms with Gasteiger partial charge < -0.3 is 22.0 Å². The minimum atomic E-state index is -6.00. The molecule has 0 N–H and O–H groups in total. The van der Waals surface area contributed by atoms with Crippen LogP contribution in [0.15, 0.2) is 24.3 Å². The fourth-order valence-corrected chi connectivity index (χ4v) is 0.796. The van der Waals surface area contributed by atoms with Crippen molar-refractivity contribution in [2.45, 2.75) is 6.42 Å². The predicted molar refractivity (Wildman–Crippen MR) is 60.1 cm³/mol. The molecule has 0 unspecified atom stereocenters. The molecule has 0 bridgehead atoms. The van der Waals surface area contributed by atoms with Crippen molar-refractivity contribution < 1.29 is 57.8 Å². The molecule has 22 heavy (non-hydrogen) atoms. The first-order valence-corrected chi connectivity index (χ1v) is 4.60. The summed E-state index contributed by atoms with van der Waals surface area (Å²) >= 11 is 0. The van der Waals surface area contributed by atoms with Crippen molar-refractivity contribution in [2.24, 2.45) is 0 Å². The number of hydrogen-bond acceptors (Lipinski definition) is 2. The van der Waals surface area contributed by atoms with E-state index in [1.807, 2.05) is 18.2 Å². The summed E-state index contributed by atoms with van der Waals surface area (Å²) in [4.78, 5) is 10.8. The Balaban J connectivity index is -0.0000000691. The Kier molecular flexibility index (Phi) is 36.1. The number of methoxy groups -OCH3 is 1. The quantitative estimate of drug-likeness (QED) is 0.235. The van der Waals surface area contributed by atoms with E-state index in [2.05, 4.69) is 24.7 Å². The number of hydrogen-bond donors (Lipinski definition) is 0. The van der Waals surface area contributed by atoms with E-state index in [9.17, 15) is 22.1 Å². The molecule has 1 rings (SSSR count). The fourth-order valence-electron chi connectivity index (χ4n) is 0.796. The molecule has 1 aliphatic carbocycles. The molecular weight excluding hydrogens is 355 g/mol. The second-order valence-corrected chi connectivity index (χ2v) is 2.50. The van der Waals surface area contributed by atoms with Gasteiger partial charge in [-0.3, -0.25) is 4.79 Å². The van der Waals surface area contributed by atoms with E-state index in [1.54, 1.807) is 6.08 Å². The summed E-state index contributed by atoms with van der Waals surface area (Å²) in [7, 11) is -4.61. The average Bonchev–Trinajstić information content (AvgIpc) is 2.52. The third kappa shape index (κ3) is 36.3. The van der Waals surface area contributed by atoms with Crippen LogP contribution in [-0.2, 0) is 40.6 Å². The molecule has 5 nitrogen and oxygen atoms in total. The largest absolute Gasteiger partial charge is 0 e. The van der Waals surface area contributed by atoms with Gasteiger partial charge in [-0.2, -0.15) is 0 Å². The van der Waals surface area contributed by atoms with Crippen molar-refractivity contribution >= 4 is 13.2 Å². The Morgan fingerprint density at radius 2 is 1.45 bits per heavy atom. The maximum absolute atomic E-state index is 10.8. The Hall–Kier alpha value is -1.53. The predicted octanol–water partition coefficient (Wildman–Crippen LogP) is 2.43. The summed E-state index contributed by atoms with van der Waals surface area (Å²) in [6, 6.07) is 0. The van der Waals surface area contributed by atoms with Crippen LogP contribution < -0.4 is 0 Å². The number of rotatable bonds is 1. The maximum atomic E-state index is 10.8. The van der Waals surface area contributed by atoms with Crippen LogP contribution in [-0.4, -0.2) is 20.3 Å². The first-order valence-electron chi connectivity index (χ1n) is 4.60. The SMILES string of the molecule is COC(=O)[C]1C=CC=CC1.F[B-](F)(F)F.[C-]#[O+].[C-]#[O+].[C-]#[O+].[Fe]. The first-order chi connectivity index (χ1) is 9.84. The zero-order chi connectivity index (χ0) is 17.9. The van der Waals surface area contributed by atoms with Crippen molar-refractivity contribution in [3.63, 3.8) is 0 Å². The van der Waals surface area contributed by atoms with Crippen molar-refractivity contribution in [2.75, 3.05) is 7.11 Å². The van der Waals surface area contributed by atoms with Gasteiger partial charge >= 0.3 is 47.1 Å². The van der Waals surface area contributed by atoms with Crippen LogP contribution >= 0.6 is 0 Å². The molecule has 0 aromatic heterocycles. The smallest absolute Gasteiger partial charge is 0 e. The zero-order valence-corrected chi connectivity index (χ0v) is 12.1. The molecule has 0 aromatic rings. The van der Waals surface area contributed by atoms with Gasteiger partial charge in [0.2, 0.25) is 0 Å². The molecule has 0 amide bonds. The fraction of sp³-hybridized carbons (Fsp3) is 0.182. The molecule has 0 saturated heterocycles. The third-order valence-electron chi connectivity index (χ3n) is 1.33. The number of carbonyl (C=O) groups is 1. The van der Waals surface area contributed by atoms with Crippen molar-refractivity contribution in [3.05, 3.63) is 50.2 Å². The van der Waals surface area contributed by atoms with E-state index in [1.165, 1.54) is 7.11 Å². The van der Waals surface area contributed by atoms with Gasteiger partial charge in [0.15, 0.2) is 0 Å². The van der Waals surface area contributed by atoms with Crippen LogP contribution in [0.25, 0.3) is 0 Å². The second kappa shape index (κ2) is 24.5. The van der Waals surface area contributed by atoms with Gasteiger partial charge in [0.1, 0.15) is 5.92 Å². The van der Waals surface area contributed by atoms with E-state index in [0.717, 1.165) is 0 Å². The summed E-state index contributed by atoms with van der Waals surface area (Å²) in [5.41, 5.74) is 0. The van der Waals surface area contributed by atoms with Crippen LogP contribution in [0, 0.1) is 25.9 Å². The van der Waals surface area contributed by atoms with Crippen LogP contribution in [0.5, 0.6) is 0 Å². The summed E-state index contributed by atoms with van der Waals surface area (Å²) in [5.74, 6) is 0.477. The summed E-state index contributed by atoms with van der Waals surface area (Å²) in [6.45, 7) is 13.5. The monoisotopic (exact) mass is 364 g/mol. The number of esters is 1. The molecule has 0 heterocycles. The number of allylic oxidation sites excluding steroid dienone is 3. The average molecular weight is 364 g/mol. The maximum Gasteiger partial charge on any atom is 0 e. The number of ether oxygens (including phenoxy) is 1. The third-order valence-corrected chi connectivity index (χ3v) is 1.33. The topological polar surface area (TPSA) is 86.0 Å². The van der Waals surface area contributed by atoms with Crippen LogP contribution in [0.1, 0.15) is 6.42 Å². The van der Waals surface area contributed by atoms with Crippen LogP contribution in [0.4, 0.5) is 17.3 Å². The number of halogens is 4. The molecule has 123 valence electrons. The van der Waals surface area contributed by atoms with Crippen molar-refractivity contribution in [1.29, 1.82) is 0 Å². The molecule has 0 aliphatic heterocycles. The Morgan fingerprint density at radius 3 is 1.68 bits per heavy atom. The summed E-state index contributed by atoms with van der Waals surface area (Å²) < 4.78 is 66.0. The van der Waals surface area contributed by atoms with E-state index >= 15 is 0 Å². The van der Waals surface area contributed by atoms with E-state index in [-0.39, 0.29) is 23.0 Å². The van der Waals surface area contributed by atoms with Gasteiger partial charge in [-0.15, -0.1) is 0 Å². The number of carbonyl (C=O) groups excluding carboxylic acids is 1. The standard InChI is InChI=1S/C8H9O2.3CO.BF4.Fe/c1-10-8(9)7-5-3-2-4-6-7;3*1-2;2-1(3,4)5;/h2-5H,6H2,1H3;;;;;/q;;;;-1;. The van der Waals surface area contributed by atoms with E-state index in [0.29, 0.717) is 12.3 Å². The Labute approximate surface area is 135 Å². The normalized spacial score (nSPS) is 10.9. The van der Waals surface area contributed by atoms with Gasteiger partial charge in [-0.25, -0.2) is 0 Å². The Morgan fingerprint density at radius 1 is 1.09 bits per heavy atom. The van der Waals surface area contributed by atoms with E-state index in [4.69, 9.17) is 14.0 Å². The summed E-state index contributed by atoms with van der Waals surface area (Å²) in [6.07, 6.45) is 8.11. The van der Waals surface area contributed by atoms with Crippen molar-refractivity contribution in [3.8, 4) is 0 Å². The molecule has 0 aromatic carbocycles. The van der Waals surface area contributed by atoms with Gasteiger partial charge in [0.25, 0.3) is 0 Å². The molecule has 0 atom stereocenters. The van der Waals surface area contributed by atoms with Crippen LogP contribution in [0.2, 0.25) is 0 Å². The molecule has 0 saturated carbocycles.